The minimum absolute atomic E-state index is 0.203. The van der Waals surface area contributed by atoms with Crippen LogP contribution in [0.1, 0.15) is 36.1 Å². The van der Waals surface area contributed by atoms with Gasteiger partial charge < -0.3 is 19.3 Å². The van der Waals surface area contributed by atoms with Crippen molar-refractivity contribution in [2.45, 2.75) is 25.9 Å². The lowest BCUT2D eigenvalue weighted by atomic mass is 9.94. The predicted octanol–water partition coefficient (Wildman–Crippen LogP) is 1.49. The van der Waals surface area contributed by atoms with E-state index in [1.165, 1.54) is 15.7 Å². The second-order valence-electron chi connectivity index (χ2n) is 7.71. The van der Waals surface area contributed by atoms with Gasteiger partial charge in [-0.15, -0.1) is 0 Å². The highest BCUT2D eigenvalue weighted by Gasteiger charge is 2.47. The number of nitrogens with zero attached hydrogens (tertiary/aromatic N) is 2. The molecule has 0 bridgehead atoms. The van der Waals surface area contributed by atoms with Crippen LogP contribution in [0.25, 0.3) is 5.57 Å². The fraction of sp³-hybridized carbons (Fsp3) is 0.292. The van der Waals surface area contributed by atoms with E-state index in [9.17, 15) is 19.5 Å². The maximum Gasteiger partial charge on any atom is 0.338 e. The van der Waals surface area contributed by atoms with E-state index in [-0.39, 0.29) is 12.2 Å². The summed E-state index contributed by atoms with van der Waals surface area (Å²) in [5.41, 5.74) is 1.03. The number of fused-ring (bicyclic) bond motifs is 2. The molecule has 4 rings (SSSR count). The number of para-hydroxylation sites is 1. The maximum atomic E-state index is 12.8. The number of hydrogen-bond donors (Lipinski definition) is 1. The summed E-state index contributed by atoms with van der Waals surface area (Å²) in [6, 6.07) is 6.90. The first-order valence-electron chi connectivity index (χ1n) is 9.93. The Kier molecular flexibility index (Phi) is 4.83. The van der Waals surface area contributed by atoms with Gasteiger partial charge in [-0.3, -0.25) is 9.59 Å². The van der Waals surface area contributed by atoms with Crippen molar-refractivity contribution in [3.63, 3.8) is 0 Å². The molecule has 1 unspecified atom stereocenters. The molecule has 1 atom stereocenters. The van der Waals surface area contributed by atoms with Crippen molar-refractivity contribution in [1.29, 1.82) is 0 Å². The summed E-state index contributed by atoms with van der Waals surface area (Å²) < 4.78 is 6.58. The minimum Gasteiger partial charge on any atom is -0.462 e. The van der Waals surface area contributed by atoms with Crippen molar-refractivity contribution in [2.75, 3.05) is 18.6 Å². The highest BCUT2D eigenvalue weighted by molar-refractivity contribution is 6.20. The maximum absolute atomic E-state index is 12.8. The molecular formula is C24H22N2O5. The number of aliphatic hydroxyl groups is 1. The molecule has 0 fully saturated rings. The van der Waals surface area contributed by atoms with Crippen LogP contribution in [0.4, 0.5) is 5.69 Å². The van der Waals surface area contributed by atoms with Crippen molar-refractivity contribution >= 4 is 23.1 Å². The number of aryl methyl sites for hydroxylation is 1. The first kappa shape index (κ1) is 20.6. The summed E-state index contributed by atoms with van der Waals surface area (Å²) in [5.74, 6) is 4.53. The molecule has 2 heterocycles. The number of ether oxygens (including phenoxy) is 1. The summed E-state index contributed by atoms with van der Waals surface area (Å²) in [7, 11) is 3.18. The number of esters is 1. The Morgan fingerprint density at radius 1 is 1.26 bits per heavy atom. The summed E-state index contributed by atoms with van der Waals surface area (Å²) in [6.45, 7) is 3.69. The van der Waals surface area contributed by atoms with Gasteiger partial charge in [0.15, 0.2) is 0 Å². The molecule has 1 N–H and O–H groups in total. The van der Waals surface area contributed by atoms with E-state index in [2.05, 4.69) is 11.8 Å². The van der Waals surface area contributed by atoms with Crippen LogP contribution >= 0.6 is 0 Å². The molecule has 2 aliphatic rings. The molecule has 7 heteroatoms. The molecule has 0 radical (unpaired) electrons. The van der Waals surface area contributed by atoms with Gasteiger partial charge in [-0.2, -0.15) is 0 Å². The van der Waals surface area contributed by atoms with Crippen molar-refractivity contribution in [3.8, 4) is 11.8 Å². The van der Waals surface area contributed by atoms with Crippen LogP contribution in [0.3, 0.4) is 0 Å². The number of pyridine rings is 1. The smallest absolute Gasteiger partial charge is 0.338 e. The zero-order valence-electron chi connectivity index (χ0n) is 17.8. The molecule has 2 aromatic rings. The number of aromatic nitrogens is 1. The molecule has 1 amide bonds. The number of hydrogen-bond acceptors (Lipinski definition) is 5. The van der Waals surface area contributed by atoms with Crippen LogP contribution < -0.4 is 10.5 Å². The average molecular weight is 418 g/mol. The quantitative estimate of drug-likeness (QED) is 0.590. The fourth-order valence-corrected chi connectivity index (χ4v) is 4.21. The number of anilines is 1. The van der Waals surface area contributed by atoms with E-state index >= 15 is 0 Å². The first-order chi connectivity index (χ1) is 14.7. The second kappa shape index (κ2) is 7.25. The highest BCUT2D eigenvalue weighted by atomic mass is 16.5. The topological polar surface area (TPSA) is 88.8 Å². The molecule has 1 aliphatic heterocycles. The molecule has 0 saturated heterocycles. The molecule has 1 aliphatic carbocycles. The number of likely N-dealkylation sites (N-methyl/N-ethyl adjacent to an activating group) is 1. The Morgan fingerprint density at radius 3 is 2.68 bits per heavy atom. The SMILES string of the molecule is CCOC(=O)C1=C(C)Cc2c1c(C#CC1(O)C(=O)N(C)c3ccccc31)cn(C)c2=O. The van der Waals surface area contributed by atoms with Crippen LogP contribution in [0.2, 0.25) is 0 Å². The van der Waals surface area contributed by atoms with Crippen molar-refractivity contribution < 1.29 is 19.4 Å². The van der Waals surface area contributed by atoms with E-state index in [4.69, 9.17) is 4.74 Å². The van der Waals surface area contributed by atoms with Crippen LogP contribution in [-0.4, -0.2) is 35.2 Å². The third-order valence-electron chi connectivity index (χ3n) is 5.72. The summed E-state index contributed by atoms with van der Waals surface area (Å²) >= 11 is 0. The predicted molar refractivity (Wildman–Crippen MR) is 115 cm³/mol. The summed E-state index contributed by atoms with van der Waals surface area (Å²) in [5, 5.41) is 11.2. The van der Waals surface area contributed by atoms with E-state index in [1.807, 2.05) is 0 Å². The van der Waals surface area contributed by atoms with Gasteiger partial charge in [0.1, 0.15) is 0 Å². The Labute approximate surface area is 179 Å². The Balaban J connectivity index is 1.90. The van der Waals surface area contributed by atoms with E-state index in [0.29, 0.717) is 39.9 Å². The van der Waals surface area contributed by atoms with Crippen LogP contribution in [0, 0.1) is 11.8 Å². The van der Waals surface area contributed by atoms with Crippen LogP contribution in [0.5, 0.6) is 0 Å². The van der Waals surface area contributed by atoms with Gasteiger partial charge in [0, 0.05) is 49.0 Å². The molecule has 7 nitrogen and oxygen atoms in total. The monoisotopic (exact) mass is 418 g/mol. The van der Waals surface area contributed by atoms with Gasteiger partial charge in [0.25, 0.3) is 11.5 Å². The van der Waals surface area contributed by atoms with E-state index in [1.54, 1.807) is 52.2 Å². The number of rotatable bonds is 2. The van der Waals surface area contributed by atoms with Crippen molar-refractivity contribution in [1.82, 2.24) is 4.57 Å². The molecule has 0 spiro atoms. The largest absolute Gasteiger partial charge is 0.462 e. The van der Waals surface area contributed by atoms with E-state index < -0.39 is 17.5 Å². The fourth-order valence-electron chi connectivity index (χ4n) is 4.21. The molecule has 0 saturated carbocycles. The Bertz CT molecular complexity index is 1290. The van der Waals surface area contributed by atoms with Gasteiger partial charge >= 0.3 is 5.97 Å². The number of carbonyl (C=O) groups is 2. The minimum atomic E-state index is -2.02. The van der Waals surface area contributed by atoms with Gasteiger partial charge in [-0.25, -0.2) is 4.79 Å². The third-order valence-corrected chi connectivity index (χ3v) is 5.72. The lowest BCUT2D eigenvalue weighted by molar-refractivity contribution is -0.136. The van der Waals surface area contributed by atoms with Crippen LogP contribution in [-0.2, 0) is 33.4 Å². The van der Waals surface area contributed by atoms with Gasteiger partial charge in [0.05, 0.1) is 17.9 Å². The van der Waals surface area contributed by atoms with Gasteiger partial charge in [-0.1, -0.05) is 29.7 Å². The standard InChI is InChI=1S/C24H22N2O5/c1-5-31-22(28)19-14(2)12-16-20(19)15(13-25(3)21(16)27)10-11-24(30)17-8-6-7-9-18(17)26(4)23(24)29/h6-9,13,30H,5,12H2,1-4H3. The number of allylic oxidation sites excluding steroid dienone is 1. The number of benzene rings is 1. The number of amides is 1. The summed E-state index contributed by atoms with van der Waals surface area (Å²) in [6.07, 6.45) is 1.84. The van der Waals surface area contributed by atoms with Crippen molar-refractivity contribution in [3.05, 3.63) is 68.6 Å². The van der Waals surface area contributed by atoms with Crippen LogP contribution in [0.15, 0.2) is 40.8 Å². The molecular weight excluding hydrogens is 396 g/mol. The molecule has 1 aromatic carbocycles. The Hall–Kier alpha value is -3.63. The third kappa shape index (κ3) is 2.99. The summed E-state index contributed by atoms with van der Waals surface area (Å²) in [4.78, 5) is 39.5. The normalized spacial score (nSPS) is 19.1. The molecule has 1 aromatic heterocycles. The zero-order chi connectivity index (χ0) is 22.5. The highest BCUT2D eigenvalue weighted by Crippen LogP contribution is 2.39. The first-order valence-corrected chi connectivity index (χ1v) is 9.93. The average Bonchev–Trinajstić information content (AvgIpc) is 3.19. The molecule has 31 heavy (non-hydrogen) atoms. The molecule has 158 valence electrons. The van der Waals surface area contributed by atoms with Crippen molar-refractivity contribution in [2.24, 2.45) is 7.05 Å². The number of carbonyl (C=O) groups excluding carboxylic acids is 2. The Morgan fingerprint density at radius 2 is 1.97 bits per heavy atom. The van der Waals surface area contributed by atoms with Gasteiger partial charge in [0.2, 0.25) is 5.60 Å². The van der Waals surface area contributed by atoms with E-state index in [0.717, 1.165) is 5.57 Å². The lowest BCUT2D eigenvalue weighted by Crippen LogP contribution is -2.37. The lowest BCUT2D eigenvalue weighted by Gasteiger charge is -2.15. The second-order valence-corrected chi connectivity index (χ2v) is 7.71. The van der Waals surface area contributed by atoms with Gasteiger partial charge in [-0.05, 0) is 25.8 Å². The zero-order valence-corrected chi connectivity index (χ0v) is 17.8.